The van der Waals surface area contributed by atoms with Crippen molar-refractivity contribution in [3.63, 3.8) is 0 Å². The largest absolute Gasteiger partial charge is 0.416 e. The lowest BCUT2D eigenvalue weighted by Gasteiger charge is -2.39. The second-order valence-corrected chi connectivity index (χ2v) is 9.61. The van der Waals surface area contributed by atoms with Crippen LogP contribution in [0.1, 0.15) is 24.5 Å². The maximum absolute atomic E-state index is 13.8. The van der Waals surface area contributed by atoms with Gasteiger partial charge < -0.3 is 20.0 Å². The zero-order chi connectivity index (χ0) is 30.2. The second kappa shape index (κ2) is 14.0. The molecule has 1 N–H and O–H groups in total. The molecule has 2 amide bonds. The third-order valence-electron chi connectivity index (χ3n) is 6.70. The van der Waals surface area contributed by atoms with Gasteiger partial charge in [0.2, 0.25) is 0 Å². The molecule has 2 heterocycles. The van der Waals surface area contributed by atoms with Crippen molar-refractivity contribution in [1.29, 1.82) is 0 Å². The number of nitrogens with one attached hydrogen (secondary N) is 1. The summed E-state index contributed by atoms with van der Waals surface area (Å²) >= 11 is 6.14. The highest BCUT2D eigenvalue weighted by Crippen LogP contribution is 2.32. The van der Waals surface area contributed by atoms with Crippen molar-refractivity contribution in [2.75, 3.05) is 39.8 Å². The molecule has 0 bridgehead atoms. The van der Waals surface area contributed by atoms with Crippen molar-refractivity contribution in [2.45, 2.75) is 26.1 Å². The number of halogens is 4. The van der Waals surface area contributed by atoms with Gasteiger partial charge in [-0.05, 0) is 36.9 Å². The number of rotatable bonds is 10. The number of allylic oxidation sites excluding steroid dienone is 3. The summed E-state index contributed by atoms with van der Waals surface area (Å²) in [6, 6.07) is 2.96. The molecule has 1 saturated heterocycles. The first-order valence-corrected chi connectivity index (χ1v) is 13.3. The molecular formula is C28H33ClF3N7O2. The Labute approximate surface area is 242 Å². The van der Waals surface area contributed by atoms with Crippen molar-refractivity contribution in [3.05, 3.63) is 82.1 Å². The van der Waals surface area contributed by atoms with Crippen LogP contribution < -0.4 is 5.32 Å². The summed E-state index contributed by atoms with van der Waals surface area (Å²) in [6.07, 6.45) is 4.64. The third-order valence-corrected chi connectivity index (χ3v) is 7.05. The highest BCUT2D eigenvalue weighted by Gasteiger charge is 2.33. The lowest BCUT2D eigenvalue weighted by Crippen LogP contribution is -2.51. The number of carbonyl (C=O) groups excluding carboxylic acids is 2. The molecule has 0 aliphatic carbocycles. The third kappa shape index (κ3) is 7.78. The molecule has 0 aromatic heterocycles. The number of benzene rings is 1. The zero-order valence-electron chi connectivity index (χ0n) is 23.0. The van der Waals surface area contributed by atoms with Crippen LogP contribution >= 0.6 is 11.6 Å². The number of nitrogens with zero attached hydrogens (tertiary/aromatic N) is 6. The molecule has 9 nitrogen and oxygen atoms in total. The van der Waals surface area contributed by atoms with E-state index in [0.29, 0.717) is 61.7 Å². The van der Waals surface area contributed by atoms with E-state index in [9.17, 15) is 22.8 Å². The number of hydrogen-bond acceptors (Lipinski definition) is 7. The van der Waals surface area contributed by atoms with Crippen LogP contribution in [-0.4, -0.2) is 84.7 Å². The molecule has 220 valence electrons. The van der Waals surface area contributed by atoms with E-state index in [1.165, 1.54) is 6.07 Å². The second-order valence-electron chi connectivity index (χ2n) is 9.20. The van der Waals surface area contributed by atoms with Crippen LogP contribution in [0, 0.1) is 0 Å². The average Bonchev–Trinajstić information content (AvgIpc) is 2.97. The van der Waals surface area contributed by atoms with Gasteiger partial charge in [0.25, 0.3) is 11.8 Å². The average molecular weight is 592 g/mol. The van der Waals surface area contributed by atoms with Gasteiger partial charge in [-0.2, -0.15) is 18.3 Å². The number of hydrazone groups is 1. The highest BCUT2D eigenvalue weighted by atomic mass is 35.5. The Morgan fingerprint density at radius 1 is 1.17 bits per heavy atom. The summed E-state index contributed by atoms with van der Waals surface area (Å²) in [5, 5.41) is 7.87. The maximum atomic E-state index is 13.8. The minimum Gasteiger partial charge on any atom is -0.390 e. The molecule has 13 heteroatoms. The van der Waals surface area contributed by atoms with Crippen molar-refractivity contribution in [1.82, 2.24) is 25.0 Å². The molecule has 2 aliphatic rings. The predicted molar refractivity (Wildman–Crippen MR) is 154 cm³/mol. The van der Waals surface area contributed by atoms with E-state index in [4.69, 9.17) is 11.6 Å². The summed E-state index contributed by atoms with van der Waals surface area (Å²) in [6.45, 7) is 10.6. The van der Waals surface area contributed by atoms with E-state index >= 15 is 0 Å². The number of alkyl halides is 3. The molecule has 41 heavy (non-hydrogen) atoms. The van der Waals surface area contributed by atoms with Gasteiger partial charge in [0.15, 0.2) is 0 Å². The van der Waals surface area contributed by atoms with Crippen molar-refractivity contribution in [2.24, 2.45) is 10.1 Å². The number of amides is 2. The van der Waals surface area contributed by atoms with Crippen LogP contribution in [0.2, 0.25) is 5.02 Å². The molecule has 1 aromatic carbocycles. The molecular weight excluding hydrogens is 559 g/mol. The first-order chi connectivity index (χ1) is 19.5. The Balaban J connectivity index is 1.75. The Kier molecular flexibility index (Phi) is 10.8. The maximum Gasteiger partial charge on any atom is 0.416 e. The molecule has 0 saturated carbocycles. The van der Waals surface area contributed by atoms with Crippen molar-refractivity contribution >= 4 is 36.9 Å². The number of aliphatic imine (C=N–C) groups is 1. The summed E-state index contributed by atoms with van der Waals surface area (Å²) in [4.78, 5) is 36.1. The van der Waals surface area contributed by atoms with Crippen molar-refractivity contribution in [3.8, 4) is 0 Å². The van der Waals surface area contributed by atoms with Gasteiger partial charge in [-0.25, -0.2) is 5.01 Å². The number of piperazine rings is 1. The Morgan fingerprint density at radius 3 is 2.41 bits per heavy atom. The van der Waals surface area contributed by atoms with Crippen LogP contribution in [-0.2, 0) is 22.3 Å². The first kappa shape index (κ1) is 31.5. The molecule has 1 aromatic rings. The van der Waals surface area contributed by atoms with Gasteiger partial charge >= 0.3 is 6.18 Å². The topological polar surface area (TPSA) is 83.9 Å². The first-order valence-electron chi connectivity index (χ1n) is 12.9. The van der Waals surface area contributed by atoms with E-state index < -0.39 is 17.6 Å². The smallest absolute Gasteiger partial charge is 0.390 e. The quantitative estimate of drug-likeness (QED) is 0.250. The Hall–Kier alpha value is -4.06. The molecule has 1 fully saturated rings. The lowest BCUT2D eigenvalue weighted by atomic mass is 10.1. The minimum absolute atomic E-state index is 0.0912. The fourth-order valence-electron chi connectivity index (χ4n) is 4.52. The van der Waals surface area contributed by atoms with E-state index in [1.54, 1.807) is 36.5 Å². The van der Waals surface area contributed by atoms with E-state index in [1.807, 2.05) is 22.9 Å². The van der Waals surface area contributed by atoms with Crippen LogP contribution in [0.5, 0.6) is 0 Å². The monoisotopic (exact) mass is 591 g/mol. The van der Waals surface area contributed by atoms with Crippen LogP contribution in [0.25, 0.3) is 0 Å². The predicted octanol–water partition coefficient (Wildman–Crippen LogP) is 4.22. The molecule has 0 radical (unpaired) electrons. The number of carbonyl (C=O) groups is 2. The van der Waals surface area contributed by atoms with Gasteiger partial charge in [-0.1, -0.05) is 30.7 Å². The summed E-state index contributed by atoms with van der Waals surface area (Å²) in [5.41, 5.74) is 1.04. The molecule has 0 spiro atoms. The summed E-state index contributed by atoms with van der Waals surface area (Å²) < 4.78 is 39.2. The van der Waals surface area contributed by atoms with E-state index in [0.717, 1.165) is 17.1 Å². The number of hydrogen-bond donors (Lipinski definition) is 1. The molecule has 3 rings (SSSR count). The van der Waals surface area contributed by atoms with Gasteiger partial charge in [0.1, 0.15) is 5.70 Å². The Bertz CT molecular complexity index is 1280. The SMILES string of the molecule is C=N/C=C\N1C=CC=C(C(=O)N2CCN(/C(C(=O)N(Cc3ccc(C(F)(F)F)cc3Cl)N=C)=C(\CC)NC)CC2)C1. The molecule has 0 unspecified atom stereocenters. The van der Waals surface area contributed by atoms with Crippen LogP contribution in [0.3, 0.4) is 0 Å². The zero-order valence-corrected chi connectivity index (χ0v) is 23.8. The molecule has 2 aliphatic heterocycles. The normalized spacial score (nSPS) is 16.3. The highest BCUT2D eigenvalue weighted by molar-refractivity contribution is 6.31. The van der Waals surface area contributed by atoms with Crippen LogP contribution in [0.4, 0.5) is 13.2 Å². The van der Waals surface area contributed by atoms with Gasteiger partial charge in [0, 0.05) is 74.8 Å². The lowest BCUT2D eigenvalue weighted by molar-refractivity contribution is -0.137. The van der Waals surface area contributed by atoms with Crippen molar-refractivity contribution < 1.29 is 22.8 Å². The van der Waals surface area contributed by atoms with E-state index in [-0.39, 0.29) is 17.5 Å². The fourth-order valence-corrected chi connectivity index (χ4v) is 4.76. The fraction of sp³-hybridized carbons (Fsp3) is 0.357. The van der Waals surface area contributed by atoms with Gasteiger partial charge in [-0.3, -0.25) is 14.6 Å². The summed E-state index contributed by atoms with van der Waals surface area (Å²) in [5.74, 6) is -0.577. The van der Waals surface area contributed by atoms with E-state index in [2.05, 4.69) is 28.8 Å². The summed E-state index contributed by atoms with van der Waals surface area (Å²) in [7, 11) is 1.70. The molecule has 0 atom stereocenters. The van der Waals surface area contributed by atoms with Gasteiger partial charge in [0.05, 0.1) is 18.7 Å². The standard InChI is InChI=1S/C28H33ClF3N7O2/c1-5-24(34-3)25(27(41)39(35-4)19-20-8-9-22(17-23(20)29)28(30,31)32)37-13-15-38(16-14-37)26(40)21-7-6-11-36(18-21)12-10-33-2/h6-12,17,34H,2,4-5,13-16,18-19H2,1,3H3/b12-10-,25-24+. The van der Waals surface area contributed by atoms with Crippen LogP contribution in [0.15, 0.2) is 76.0 Å². The minimum atomic E-state index is -4.54. The Morgan fingerprint density at radius 2 is 1.85 bits per heavy atom. The van der Waals surface area contributed by atoms with Gasteiger partial charge in [-0.15, -0.1) is 0 Å².